The van der Waals surface area contributed by atoms with Crippen molar-refractivity contribution in [2.24, 2.45) is 0 Å². The van der Waals surface area contributed by atoms with Crippen molar-refractivity contribution >= 4 is 19.9 Å². The third-order valence-electron chi connectivity index (χ3n) is 2.23. The number of hydrogen-bond donors (Lipinski definition) is 1. The van der Waals surface area contributed by atoms with Gasteiger partial charge in [-0.25, -0.2) is 21.6 Å². The number of halogens is 3. The molecule has 1 N–H and O–H groups in total. The molecule has 0 aliphatic rings. The van der Waals surface area contributed by atoms with Gasteiger partial charge in [-0.05, 0) is 18.6 Å². The topological polar surface area (TPSA) is 93.5 Å². The van der Waals surface area contributed by atoms with Crippen LogP contribution in [0.1, 0.15) is 12.2 Å². The molecule has 20 heavy (non-hydrogen) atoms. The van der Waals surface area contributed by atoms with Gasteiger partial charge in [0, 0.05) is 0 Å². The molecule has 0 aliphatic carbocycles. The highest BCUT2D eigenvalue weighted by Gasteiger charge is 2.44. The largest absolute Gasteiger partial charge is 0.497 e. The van der Waals surface area contributed by atoms with Gasteiger partial charge in [0.05, 0.1) is 24.3 Å². The van der Waals surface area contributed by atoms with E-state index in [-0.39, 0.29) is 6.54 Å². The molecule has 6 nitrogen and oxygen atoms in total. The predicted octanol–water partition coefficient (Wildman–Crippen LogP) is 1.02. The first-order valence-electron chi connectivity index (χ1n) is 5.32. The van der Waals surface area contributed by atoms with Gasteiger partial charge in [-0.3, -0.25) is 0 Å². The Hall–Kier alpha value is -1.07. The van der Waals surface area contributed by atoms with Gasteiger partial charge >= 0.3 is 5.51 Å². The van der Waals surface area contributed by atoms with E-state index in [4.69, 9.17) is 4.42 Å². The second-order valence-corrected chi connectivity index (χ2v) is 7.86. The number of rotatable bonds is 7. The lowest BCUT2D eigenvalue weighted by Crippen LogP contribution is -2.30. The summed E-state index contributed by atoms with van der Waals surface area (Å²) in [7, 11) is -9.16. The molecule has 0 unspecified atom stereocenters. The van der Waals surface area contributed by atoms with Gasteiger partial charge in [0.1, 0.15) is 5.76 Å². The van der Waals surface area contributed by atoms with Crippen LogP contribution in [0.3, 0.4) is 0 Å². The van der Waals surface area contributed by atoms with Crippen molar-refractivity contribution in [3.8, 4) is 0 Å². The number of hydrogen-bond acceptors (Lipinski definition) is 5. The van der Waals surface area contributed by atoms with Crippen molar-refractivity contribution in [1.29, 1.82) is 0 Å². The summed E-state index contributed by atoms with van der Waals surface area (Å²) in [6.07, 6.45) is 0.689. The Kier molecular flexibility index (Phi) is 5.21. The van der Waals surface area contributed by atoms with Crippen LogP contribution in [0, 0.1) is 0 Å². The van der Waals surface area contributed by atoms with Gasteiger partial charge in [0.15, 0.2) is 0 Å². The summed E-state index contributed by atoms with van der Waals surface area (Å²) in [5, 5.41) is 0. The van der Waals surface area contributed by atoms with Crippen molar-refractivity contribution in [2.45, 2.75) is 18.5 Å². The SMILES string of the molecule is O=S(=O)(CCCS(=O)(=O)C(F)(F)F)NCc1ccco1. The van der Waals surface area contributed by atoms with Crippen molar-refractivity contribution in [3.05, 3.63) is 24.2 Å². The molecule has 0 aromatic carbocycles. The standard InChI is InChI=1S/C9H12F3NO5S2/c10-9(11,12)19(14,15)5-2-6-20(16,17)13-7-8-3-1-4-18-8/h1,3-4,13H,2,5-7H2. The predicted molar refractivity (Wildman–Crippen MR) is 63.8 cm³/mol. The van der Waals surface area contributed by atoms with Crippen molar-refractivity contribution < 1.29 is 34.4 Å². The van der Waals surface area contributed by atoms with Crippen LogP contribution in [0.2, 0.25) is 0 Å². The molecule has 116 valence electrons. The normalized spacial score (nSPS) is 13.6. The number of sulfonamides is 1. The van der Waals surface area contributed by atoms with Crippen LogP contribution < -0.4 is 4.72 Å². The minimum absolute atomic E-state index is 0.151. The summed E-state index contributed by atoms with van der Waals surface area (Å²) in [4.78, 5) is 0. The molecular weight excluding hydrogens is 323 g/mol. The average Bonchev–Trinajstić information content (AvgIpc) is 2.77. The van der Waals surface area contributed by atoms with Crippen molar-refractivity contribution in [1.82, 2.24) is 4.72 Å². The number of sulfone groups is 1. The minimum Gasteiger partial charge on any atom is -0.468 e. The van der Waals surface area contributed by atoms with E-state index in [2.05, 4.69) is 4.72 Å². The first-order chi connectivity index (χ1) is 9.04. The van der Waals surface area contributed by atoms with E-state index in [1.165, 1.54) is 12.3 Å². The highest BCUT2D eigenvalue weighted by molar-refractivity contribution is 7.92. The van der Waals surface area contributed by atoms with Crippen molar-refractivity contribution in [3.63, 3.8) is 0 Å². The third kappa shape index (κ3) is 5.13. The highest BCUT2D eigenvalue weighted by Crippen LogP contribution is 2.24. The van der Waals surface area contributed by atoms with Crippen LogP contribution in [0.5, 0.6) is 0 Å². The van der Waals surface area contributed by atoms with Crippen LogP contribution >= 0.6 is 0 Å². The molecule has 1 rings (SSSR count). The van der Waals surface area contributed by atoms with Gasteiger partial charge in [-0.15, -0.1) is 0 Å². The van der Waals surface area contributed by atoms with Gasteiger partial charge in [-0.2, -0.15) is 13.2 Å². The molecule has 0 bridgehead atoms. The molecule has 11 heteroatoms. The molecule has 0 saturated heterocycles. The van der Waals surface area contributed by atoms with Gasteiger partial charge < -0.3 is 4.42 Å². The molecule has 1 aromatic heterocycles. The van der Waals surface area contributed by atoms with Crippen LogP contribution in [-0.2, 0) is 26.4 Å². The Bertz CT molecular complexity index is 619. The Morgan fingerprint density at radius 2 is 1.80 bits per heavy atom. The molecule has 1 heterocycles. The maximum absolute atomic E-state index is 12.0. The van der Waals surface area contributed by atoms with Gasteiger partial charge in [-0.1, -0.05) is 0 Å². The summed E-state index contributed by atoms with van der Waals surface area (Å²) in [5.41, 5.74) is -5.36. The molecule has 0 aliphatic heterocycles. The smallest absolute Gasteiger partial charge is 0.468 e. The summed E-state index contributed by atoms with van der Waals surface area (Å²) in [6.45, 7) is -0.151. The molecule has 0 spiro atoms. The first kappa shape index (κ1) is 17.0. The fourth-order valence-electron chi connectivity index (χ4n) is 1.22. The Morgan fingerprint density at radius 1 is 1.15 bits per heavy atom. The fraction of sp³-hybridized carbons (Fsp3) is 0.556. The zero-order chi connectivity index (χ0) is 15.4. The van der Waals surface area contributed by atoms with Crippen LogP contribution in [0.4, 0.5) is 13.2 Å². The summed E-state index contributed by atoms with van der Waals surface area (Å²) >= 11 is 0. The molecule has 0 amide bonds. The number of nitrogens with one attached hydrogen (secondary N) is 1. The van der Waals surface area contributed by atoms with E-state index in [1.807, 2.05) is 0 Å². The minimum atomic E-state index is -5.36. The fourth-order valence-corrected chi connectivity index (χ4v) is 3.19. The quantitative estimate of drug-likeness (QED) is 0.803. The van der Waals surface area contributed by atoms with E-state index in [1.54, 1.807) is 6.07 Å². The lowest BCUT2D eigenvalue weighted by Gasteiger charge is -2.08. The van der Waals surface area contributed by atoms with Gasteiger partial charge in [0.25, 0.3) is 0 Å². The maximum Gasteiger partial charge on any atom is 0.497 e. The zero-order valence-corrected chi connectivity index (χ0v) is 11.7. The first-order valence-corrected chi connectivity index (χ1v) is 8.63. The lowest BCUT2D eigenvalue weighted by atomic mass is 10.5. The molecule has 0 radical (unpaired) electrons. The summed E-state index contributed by atoms with van der Waals surface area (Å²) < 4.78 is 87.3. The number of furan rings is 1. The van der Waals surface area contributed by atoms with Crippen LogP contribution in [-0.4, -0.2) is 33.8 Å². The summed E-state index contributed by atoms with van der Waals surface area (Å²) in [5.74, 6) is -1.65. The molecular formula is C9H12F3NO5S2. The zero-order valence-electron chi connectivity index (χ0n) is 10.1. The monoisotopic (exact) mass is 335 g/mol. The van der Waals surface area contributed by atoms with E-state index in [0.717, 1.165) is 0 Å². The summed E-state index contributed by atoms with van der Waals surface area (Å²) in [6, 6.07) is 3.05. The third-order valence-corrected chi connectivity index (χ3v) is 5.17. The second-order valence-electron chi connectivity index (χ2n) is 3.84. The maximum atomic E-state index is 12.0. The van der Waals surface area contributed by atoms with Gasteiger partial charge in [0.2, 0.25) is 19.9 Å². The Morgan fingerprint density at radius 3 is 2.30 bits per heavy atom. The molecule has 0 fully saturated rings. The highest BCUT2D eigenvalue weighted by atomic mass is 32.2. The van der Waals surface area contributed by atoms with E-state index in [9.17, 15) is 30.0 Å². The molecule has 0 saturated carbocycles. The van der Waals surface area contributed by atoms with Crippen molar-refractivity contribution in [2.75, 3.05) is 11.5 Å². The molecule has 0 atom stereocenters. The Labute approximate surface area is 113 Å². The Balaban J connectivity index is 2.45. The second kappa shape index (κ2) is 6.14. The van der Waals surface area contributed by atoms with E-state index < -0.39 is 43.3 Å². The van der Waals surface area contributed by atoms with E-state index >= 15 is 0 Å². The number of alkyl halides is 3. The molecule has 1 aromatic rings. The van der Waals surface area contributed by atoms with E-state index in [0.29, 0.717) is 5.76 Å². The van der Waals surface area contributed by atoms with Crippen LogP contribution in [0.25, 0.3) is 0 Å². The average molecular weight is 335 g/mol. The lowest BCUT2D eigenvalue weighted by molar-refractivity contribution is -0.0435. The van der Waals surface area contributed by atoms with Crippen LogP contribution in [0.15, 0.2) is 22.8 Å².